The second-order valence-corrected chi connectivity index (χ2v) is 7.01. The van der Waals surface area contributed by atoms with E-state index in [9.17, 15) is 23.2 Å². The highest BCUT2D eigenvalue weighted by Gasteiger charge is 2.46. The van der Waals surface area contributed by atoms with Gasteiger partial charge in [0.1, 0.15) is 11.6 Å². The summed E-state index contributed by atoms with van der Waals surface area (Å²) >= 11 is 0. The molecule has 2 atom stereocenters. The summed E-state index contributed by atoms with van der Waals surface area (Å²) in [7, 11) is 0. The van der Waals surface area contributed by atoms with E-state index in [0.29, 0.717) is 16.0 Å². The predicted octanol–water partition coefficient (Wildman–Crippen LogP) is 2.61. The maximum absolute atomic E-state index is 14.6. The van der Waals surface area contributed by atoms with Crippen LogP contribution in [0.5, 0.6) is 0 Å². The Labute approximate surface area is 160 Å². The van der Waals surface area contributed by atoms with E-state index >= 15 is 0 Å². The Morgan fingerprint density at radius 3 is 2.82 bits per heavy atom. The molecule has 3 rings (SSSR count). The van der Waals surface area contributed by atoms with Crippen molar-refractivity contribution in [3.8, 4) is 0 Å². The number of carbonyl (C=O) groups is 1. The number of aromatic nitrogens is 2. The van der Waals surface area contributed by atoms with E-state index in [1.165, 1.54) is 30.5 Å². The van der Waals surface area contributed by atoms with Crippen molar-refractivity contribution < 1.29 is 22.7 Å². The van der Waals surface area contributed by atoms with Crippen molar-refractivity contribution in [2.75, 3.05) is 18.4 Å². The largest absolute Gasteiger partial charge is 0.619 e. The predicted molar refractivity (Wildman–Crippen MR) is 96.3 cm³/mol. The number of carbonyl (C=O) groups excluding carboxylic acids is 1. The minimum absolute atomic E-state index is 0.0270. The van der Waals surface area contributed by atoms with E-state index in [4.69, 9.17) is 0 Å². The lowest BCUT2D eigenvalue weighted by atomic mass is 9.86. The number of halogens is 3. The summed E-state index contributed by atoms with van der Waals surface area (Å²) in [5.74, 6) is -4.81. The third kappa shape index (κ3) is 4.24. The van der Waals surface area contributed by atoms with Crippen molar-refractivity contribution in [3.63, 3.8) is 0 Å². The molecule has 3 heterocycles. The number of likely N-dealkylation sites (tertiary alicyclic amines) is 1. The number of aryl methyl sites for hydroxylation is 1. The van der Waals surface area contributed by atoms with Crippen LogP contribution in [-0.2, 0) is 4.79 Å². The highest BCUT2D eigenvalue weighted by molar-refractivity contribution is 5.93. The standard InChI is InChI=1S/C19H21F3N4O2/c1-12-9-14(5-7-26(12)28)16-11-25(8-6-19(16,21)22)13(2)18(27)24-17-4-3-15(20)10-23-17/h3-5,7,9-10,13,16H,6,8,11H2,1-2H3,(H,23,24,27)/t13-,16?/m0/s1. The molecule has 6 nitrogen and oxygen atoms in total. The van der Waals surface area contributed by atoms with Crippen LogP contribution >= 0.6 is 0 Å². The van der Waals surface area contributed by atoms with Crippen molar-refractivity contribution in [2.24, 2.45) is 0 Å². The van der Waals surface area contributed by atoms with E-state index in [1.54, 1.807) is 18.7 Å². The fourth-order valence-corrected chi connectivity index (χ4v) is 3.31. The van der Waals surface area contributed by atoms with Gasteiger partial charge in [-0.25, -0.2) is 18.2 Å². The molecule has 0 aliphatic carbocycles. The molecule has 1 saturated heterocycles. The summed E-state index contributed by atoms with van der Waals surface area (Å²) < 4.78 is 42.7. The van der Waals surface area contributed by atoms with Gasteiger partial charge in [0.05, 0.1) is 18.2 Å². The Balaban J connectivity index is 1.74. The molecule has 1 N–H and O–H groups in total. The van der Waals surface area contributed by atoms with Gasteiger partial charge >= 0.3 is 0 Å². The Morgan fingerprint density at radius 1 is 1.43 bits per heavy atom. The van der Waals surface area contributed by atoms with E-state index in [2.05, 4.69) is 10.3 Å². The van der Waals surface area contributed by atoms with Gasteiger partial charge in [0, 0.05) is 38.6 Å². The minimum atomic E-state index is -2.94. The van der Waals surface area contributed by atoms with Crippen LogP contribution in [0.4, 0.5) is 19.0 Å². The SMILES string of the molecule is Cc1cc(C2CN([C@@H](C)C(=O)Nc3ccc(F)cn3)CCC2(F)F)cc[n+]1[O-]. The molecule has 1 unspecified atom stereocenters. The van der Waals surface area contributed by atoms with Crippen molar-refractivity contribution in [1.29, 1.82) is 0 Å². The van der Waals surface area contributed by atoms with Gasteiger partial charge < -0.3 is 10.5 Å². The average molecular weight is 394 g/mol. The molecule has 2 aromatic heterocycles. The van der Waals surface area contributed by atoms with E-state index in [1.807, 2.05) is 0 Å². The van der Waals surface area contributed by atoms with Crippen LogP contribution in [0.25, 0.3) is 0 Å². The fraction of sp³-hybridized carbons (Fsp3) is 0.421. The number of alkyl halides is 2. The van der Waals surface area contributed by atoms with Crippen LogP contribution < -0.4 is 10.0 Å². The maximum Gasteiger partial charge on any atom is 0.257 e. The topological polar surface area (TPSA) is 72.2 Å². The summed E-state index contributed by atoms with van der Waals surface area (Å²) in [6.45, 7) is 3.21. The van der Waals surface area contributed by atoms with Gasteiger partial charge in [0.25, 0.3) is 5.92 Å². The van der Waals surface area contributed by atoms with Crippen molar-refractivity contribution in [1.82, 2.24) is 9.88 Å². The summed E-state index contributed by atoms with van der Waals surface area (Å²) in [6, 6.07) is 4.68. The highest BCUT2D eigenvalue weighted by atomic mass is 19.3. The van der Waals surface area contributed by atoms with Gasteiger partial charge in [-0.05, 0) is 24.6 Å². The zero-order chi connectivity index (χ0) is 20.5. The van der Waals surface area contributed by atoms with Crippen molar-refractivity contribution >= 4 is 11.7 Å². The van der Waals surface area contributed by atoms with Gasteiger partial charge in [-0.15, -0.1) is 0 Å². The zero-order valence-corrected chi connectivity index (χ0v) is 15.5. The number of pyridine rings is 2. The Kier molecular flexibility index (Phi) is 5.55. The van der Waals surface area contributed by atoms with E-state index in [-0.39, 0.29) is 18.9 Å². The normalized spacial score (nSPS) is 20.5. The summed E-state index contributed by atoms with van der Waals surface area (Å²) in [5, 5.41) is 14.1. The Hall–Kier alpha value is -2.68. The molecule has 150 valence electrons. The Bertz CT molecular complexity index is 861. The average Bonchev–Trinajstić information content (AvgIpc) is 2.65. The van der Waals surface area contributed by atoms with E-state index < -0.39 is 36.0 Å². The first-order valence-electron chi connectivity index (χ1n) is 8.91. The van der Waals surface area contributed by atoms with Crippen LogP contribution in [-0.4, -0.2) is 40.8 Å². The van der Waals surface area contributed by atoms with Crippen molar-refractivity contribution in [2.45, 2.75) is 38.2 Å². The lowest BCUT2D eigenvalue weighted by Gasteiger charge is -2.40. The highest BCUT2D eigenvalue weighted by Crippen LogP contribution is 2.40. The lowest BCUT2D eigenvalue weighted by molar-refractivity contribution is -0.612. The molecule has 0 radical (unpaired) electrons. The smallest absolute Gasteiger partial charge is 0.257 e. The molecular formula is C19H21F3N4O2. The molecule has 2 aromatic rings. The van der Waals surface area contributed by atoms with Gasteiger partial charge in [0.2, 0.25) is 5.91 Å². The molecule has 1 fully saturated rings. The molecule has 1 amide bonds. The maximum atomic E-state index is 14.6. The molecule has 1 aliphatic heterocycles. The molecular weight excluding hydrogens is 373 g/mol. The second-order valence-electron chi connectivity index (χ2n) is 7.01. The fourth-order valence-electron chi connectivity index (χ4n) is 3.31. The van der Waals surface area contributed by atoms with Crippen LogP contribution in [0.3, 0.4) is 0 Å². The van der Waals surface area contributed by atoms with Gasteiger partial charge in [-0.3, -0.25) is 9.69 Å². The lowest BCUT2D eigenvalue weighted by Crippen LogP contribution is -2.52. The van der Waals surface area contributed by atoms with Crippen LogP contribution in [0.1, 0.15) is 30.5 Å². The number of nitrogens with one attached hydrogen (secondary N) is 1. The quantitative estimate of drug-likeness (QED) is 0.639. The van der Waals surface area contributed by atoms with Gasteiger partial charge in [0.15, 0.2) is 11.9 Å². The number of hydrogen-bond donors (Lipinski definition) is 1. The number of nitrogens with zero attached hydrogens (tertiary/aromatic N) is 3. The zero-order valence-electron chi connectivity index (χ0n) is 15.5. The molecule has 28 heavy (non-hydrogen) atoms. The molecule has 0 saturated carbocycles. The molecule has 1 aliphatic rings. The minimum Gasteiger partial charge on any atom is -0.619 e. The molecule has 9 heteroatoms. The first kappa shape index (κ1) is 20.1. The van der Waals surface area contributed by atoms with Crippen LogP contribution in [0.15, 0.2) is 36.7 Å². The molecule has 0 spiro atoms. The van der Waals surface area contributed by atoms with Crippen LogP contribution in [0.2, 0.25) is 0 Å². The molecule has 0 bridgehead atoms. The molecule has 0 aromatic carbocycles. The summed E-state index contributed by atoms with van der Waals surface area (Å²) in [6.07, 6.45) is 1.81. The van der Waals surface area contributed by atoms with Gasteiger partial charge in [-0.1, -0.05) is 0 Å². The second kappa shape index (κ2) is 7.75. The summed E-state index contributed by atoms with van der Waals surface area (Å²) in [4.78, 5) is 17.9. The monoisotopic (exact) mass is 394 g/mol. The third-order valence-corrected chi connectivity index (χ3v) is 5.09. The first-order chi connectivity index (χ1) is 13.2. The Morgan fingerprint density at radius 2 is 2.18 bits per heavy atom. The first-order valence-corrected chi connectivity index (χ1v) is 8.91. The third-order valence-electron chi connectivity index (χ3n) is 5.09. The van der Waals surface area contributed by atoms with Crippen LogP contribution in [0, 0.1) is 17.9 Å². The number of anilines is 1. The summed E-state index contributed by atoms with van der Waals surface area (Å²) in [5.41, 5.74) is 0.700. The van der Waals surface area contributed by atoms with E-state index in [0.717, 1.165) is 6.20 Å². The number of amides is 1. The number of rotatable bonds is 4. The van der Waals surface area contributed by atoms with Gasteiger partial charge in [-0.2, -0.15) is 4.73 Å². The van der Waals surface area contributed by atoms with Crippen molar-refractivity contribution in [3.05, 3.63) is 58.9 Å². The number of hydrogen-bond acceptors (Lipinski definition) is 4. The number of piperidine rings is 1.